The number of ether oxygens (including phenoxy) is 1. The van der Waals surface area contributed by atoms with E-state index in [1.807, 2.05) is 36.5 Å². The molecule has 6 heteroatoms. The number of halogens is 1. The van der Waals surface area contributed by atoms with Gasteiger partial charge in [-0.3, -0.25) is 9.88 Å². The molecule has 1 fully saturated rings. The number of benzene rings is 1. The minimum Gasteiger partial charge on any atom is -0.485 e. The van der Waals surface area contributed by atoms with Crippen molar-refractivity contribution in [3.8, 4) is 5.75 Å². The summed E-state index contributed by atoms with van der Waals surface area (Å²) in [7, 11) is 0. The highest BCUT2D eigenvalue weighted by atomic mass is 35.5. The Bertz CT molecular complexity index is 1200. The SMILES string of the molecule is Cc1cccc2nc(COc3c(CN4CCCCC4)cc(Cl)c4cccnc34)cn12. The predicted octanol–water partition coefficient (Wildman–Crippen LogP) is 5.41. The van der Waals surface area contributed by atoms with Crippen LogP contribution in [0.25, 0.3) is 16.6 Å². The molecule has 5 rings (SSSR count). The first kappa shape index (κ1) is 19.3. The molecule has 1 aromatic carbocycles. The molecular formula is C24H25ClN4O. The second-order valence-corrected chi connectivity index (χ2v) is 8.41. The molecule has 1 aliphatic heterocycles. The average Bonchev–Trinajstić information content (AvgIpc) is 3.19. The summed E-state index contributed by atoms with van der Waals surface area (Å²) < 4.78 is 8.47. The summed E-state index contributed by atoms with van der Waals surface area (Å²) in [5, 5.41) is 1.64. The molecule has 0 unspecified atom stereocenters. The Morgan fingerprint density at radius 3 is 2.80 bits per heavy atom. The molecule has 0 radical (unpaired) electrons. The third-order valence-corrected chi connectivity index (χ3v) is 6.14. The molecule has 0 aliphatic carbocycles. The largest absolute Gasteiger partial charge is 0.485 e. The minimum atomic E-state index is 0.390. The number of aryl methyl sites for hydroxylation is 1. The Kier molecular flexibility index (Phi) is 5.32. The van der Waals surface area contributed by atoms with Crippen LogP contribution in [0.4, 0.5) is 0 Å². The number of pyridine rings is 2. The molecule has 0 N–H and O–H groups in total. The number of hydrogen-bond acceptors (Lipinski definition) is 4. The van der Waals surface area contributed by atoms with Gasteiger partial charge in [0.15, 0.2) is 5.75 Å². The minimum absolute atomic E-state index is 0.390. The maximum atomic E-state index is 6.61. The molecule has 4 heterocycles. The molecule has 5 nitrogen and oxygen atoms in total. The van der Waals surface area contributed by atoms with E-state index in [4.69, 9.17) is 21.3 Å². The highest BCUT2D eigenvalue weighted by Gasteiger charge is 2.18. The normalized spacial score (nSPS) is 15.1. The number of rotatable bonds is 5. The first-order valence-electron chi connectivity index (χ1n) is 10.5. The zero-order valence-corrected chi connectivity index (χ0v) is 17.9. The van der Waals surface area contributed by atoms with Crippen LogP contribution in [-0.4, -0.2) is 32.4 Å². The van der Waals surface area contributed by atoms with Crippen molar-refractivity contribution < 1.29 is 4.74 Å². The second-order valence-electron chi connectivity index (χ2n) is 8.00. The quantitative estimate of drug-likeness (QED) is 0.433. The fraction of sp³-hybridized carbons (Fsp3) is 0.333. The lowest BCUT2D eigenvalue weighted by Gasteiger charge is -2.27. The molecule has 0 amide bonds. The Balaban J connectivity index is 1.49. The van der Waals surface area contributed by atoms with Crippen LogP contribution in [0.2, 0.25) is 5.02 Å². The first-order valence-corrected chi connectivity index (χ1v) is 10.9. The Morgan fingerprint density at radius 1 is 1.10 bits per heavy atom. The van der Waals surface area contributed by atoms with Gasteiger partial charge in [-0.15, -0.1) is 0 Å². The fourth-order valence-electron chi connectivity index (χ4n) is 4.28. The smallest absolute Gasteiger partial charge is 0.150 e. The molecule has 0 bridgehead atoms. The van der Waals surface area contributed by atoms with E-state index in [0.717, 1.165) is 63.9 Å². The van der Waals surface area contributed by atoms with Gasteiger partial charge in [0.1, 0.15) is 17.8 Å². The summed E-state index contributed by atoms with van der Waals surface area (Å²) in [5.41, 5.74) is 4.88. The van der Waals surface area contributed by atoms with Crippen LogP contribution in [0.1, 0.15) is 36.2 Å². The molecule has 0 spiro atoms. The highest BCUT2D eigenvalue weighted by molar-refractivity contribution is 6.35. The second kappa shape index (κ2) is 8.25. The lowest BCUT2D eigenvalue weighted by molar-refractivity contribution is 0.215. The van der Waals surface area contributed by atoms with E-state index in [9.17, 15) is 0 Å². The van der Waals surface area contributed by atoms with Gasteiger partial charge in [-0.25, -0.2) is 4.98 Å². The van der Waals surface area contributed by atoms with Crippen LogP contribution in [0, 0.1) is 6.92 Å². The summed E-state index contributed by atoms with van der Waals surface area (Å²) in [4.78, 5) is 11.8. The zero-order chi connectivity index (χ0) is 20.5. The van der Waals surface area contributed by atoms with Crippen LogP contribution in [0.5, 0.6) is 5.75 Å². The van der Waals surface area contributed by atoms with Crippen molar-refractivity contribution in [2.75, 3.05) is 13.1 Å². The monoisotopic (exact) mass is 420 g/mol. The van der Waals surface area contributed by atoms with Gasteiger partial charge in [-0.2, -0.15) is 0 Å². The van der Waals surface area contributed by atoms with E-state index >= 15 is 0 Å². The lowest BCUT2D eigenvalue weighted by Crippen LogP contribution is -2.29. The van der Waals surface area contributed by atoms with E-state index in [1.54, 1.807) is 6.20 Å². The van der Waals surface area contributed by atoms with E-state index in [1.165, 1.54) is 19.3 Å². The Morgan fingerprint density at radius 2 is 1.97 bits per heavy atom. The van der Waals surface area contributed by atoms with E-state index in [0.29, 0.717) is 6.61 Å². The van der Waals surface area contributed by atoms with Gasteiger partial charge in [0.25, 0.3) is 0 Å². The number of imidazole rings is 1. The molecule has 4 aromatic rings. The van der Waals surface area contributed by atoms with Crippen molar-refractivity contribution in [1.29, 1.82) is 0 Å². The van der Waals surface area contributed by atoms with Crippen molar-refractivity contribution >= 4 is 28.2 Å². The molecule has 1 saturated heterocycles. The van der Waals surface area contributed by atoms with Crippen molar-refractivity contribution in [2.45, 2.75) is 39.3 Å². The maximum absolute atomic E-state index is 6.61. The van der Waals surface area contributed by atoms with Gasteiger partial charge in [-0.1, -0.05) is 24.1 Å². The van der Waals surface area contributed by atoms with Crippen LogP contribution >= 0.6 is 11.6 Å². The number of hydrogen-bond donors (Lipinski definition) is 0. The Hall–Kier alpha value is -2.63. The summed E-state index contributed by atoms with van der Waals surface area (Å²) in [6.45, 7) is 5.52. The lowest BCUT2D eigenvalue weighted by atomic mass is 10.1. The zero-order valence-electron chi connectivity index (χ0n) is 17.1. The van der Waals surface area contributed by atoms with Crippen molar-refractivity contribution in [2.24, 2.45) is 0 Å². The van der Waals surface area contributed by atoms with Crippen LogP contribution in [-0.2, 0) is 13.2 Å². The molecule has 3 aromatic heterocycles. The molecule has 30 heavy (non-hydrogen) atoms. The topological polar surface area (TPSA) is 42.7 Å². The third kappa shape index (κ3) is 3.75. The van der Waals surface area contributed by atoms with E-state index in [-0.39, 0.29) is 0 Å². The predicted molar refractivity (Wildman–Crippen MR) is 120 cm³/mol. The summed E-state index contributed by atoms with van der Waals surface area (Å²) >= 11 is 6.61. The standard InChI is InChI=1S/C24H25ClN4O/c1-17-7-5-9-22-27-19(15-29(17)22)16-30-24-18(14-28-11-3-2-4-12-28)13-21(25)20-8-6-10-26-23(20)24/h5-10,13,15H,2-4,11-12,14,16H2,1H3. The van der Waals surface area contributed by atoms with Gasteiger partial charge >= 0.3 is 0 Å². The summed E-state index contributed by atoms with van der Waals surface area (Å²) in [5.74, 6) is 0.814. The average molecular weight is 421 g/mol. The third-order valence-electron chi connectivity index (χ3n) is 5.83. The molecule has 0 atom stereocenters. The number of likely N-dealkylation sites (tertiary alicyclic amines) is 1. The molecule has 154 valence electrons. The van der Waals surface area contributed by atoms with Gasteiger partial charge in [0, 0.05) is 35.6 Å². The highest BCUT2D eigenvalue weighted by Crippen LogP contribution is 2.35. The van der Waals surface area contributed by atoms with E-state index in [2.05, 4.69) is 27.3 Å². The number of fused-ring (bicyclic) bond motifs is 2. The van der Waals surface area contributed by atoms with Gasteiger partial charge in [0.05, 0.1) is 10.7 Å². The van der Waals surface area contributed by atoms with E-state index < -0.39 is 0 Å². The number of piperidine rings is 1. The summed E-state index contributed by atoms with van der Waals surface area (Å²) in [6, 6.07) is 12.1. The van der Waals surface area contributed by atoms with Crippen LogP contribution < -0.4 is 4.74 Å². The maximum Gasteiger partial charge on any atom is 0.150 e. The van der Waals surface area contributed by atoms with Crippen molar-refractivity contribution in [3.63, 3.8) is 0 Å². The Labute approximate surface area is 181 Å². The molecule has 0 saturated carbocycles. The van der Waals surface area contributed by atoms with Crippen molar-refractivity contribution in [3.05, 3.63) is 70.8 Å². The molecule has 1 aliphatic rings. The molecular weight excluding hydrogens is 396 g/mol. The van der Waals surface area contributed by atoms with Crippen LogP contribution in [0.15, 0.2) is 48.8 Å². The summed E-state index contributed by atoms with van der Waals surface area (Å²) in [6.07, 6.45) is 7.64. The van der Waals surface area contributed by atoms with Crippen LogP contribution in [0.3, 0.4) is 0 Å². The fourth-order valence-corrected chi connectivity index (χ4v) is 4.56. The number of nitrogens with zero attached hydrogens (tertiary/aromatic N) is 4. The number of aromatic nitrogens is 3. The van der Waals surface area contributed by atoms with Gasteiger partial charge < -0.3 is 9.14 Å². The van der Waals surface area contributed by atoms with Gasteiger partial charge in [0.2, 0.25) is 0 Å². The van der Waals surface area contributed by atoms with Crippen molar-refractivity contribution in [1.82, 2.24) is 19.3 Å². The first-order chi connectivity index (χ1) is 14.7. The van der Waals surface area contributed by atoms with Gasteiger partial charge in [-0.05, 0) is 63.2 Å².